The molecule has 0 radical (unpaired) electrons. The van der Waals surface area contributed by atoms with E-state index in [0.29, 0.717) is 12.5 Å². The van der Waals surface area contributed by atoms with Crippen molar-refractivity contribution < 1.29 is 9.90 Å². The minimum Gasteiger partial charge on any atom is -0.481 e. The van der Waals surface area contributed by atoms with Gasteiger partial charge in [-0.1, -0.05) is 54.6 Å². The Hall–Kier alpha value is -2.13. The summed E-state index contributed by atoms with van der Waals surface area (Å²) in [6, 6.07) is 19.5. The van der Waals surface area contributed by atoms with E-state index in [1.165, 1.54) is 16.7 Å². The Balaban J connectivity index is 1.63. The standard InChI is InChI=1S/C20H23NO2/c22-20(23)11-10-18(12-15-6-2-1-3-7-15)21-19-13-16-8-4-5-9-17(16)14-19/h1-9,18-19,21H,10-14H2,(H,22,23). The number of nitrogens with one attached hydrogen (secondary N) is 1. The highest BCUT2D eigenvalue weighted by molar-refractivity contribution is 5.66. The van der Waals surface area contributed by atoms with Gasteiger partial charge in [-0.3, -0.25) is 4.79 Å². The zero-order chi connectivity index (χ0) is 16.1. The lowest BCUT2D eigenvalue weighted by Gasteiger charge is -2.23. The van der Waals surface area contributed by atoms with Gasteiger partial charge in [0.2, 0.25) is 0 Å². The fraction of sp³-hybridized carbons (Fsp3) is 0.350. The van der Waals surface area contributed by atoms with Crippen LogP contribution in [0.5, 0.6) is 0 Å². The minimum atomic E-state index is -0.723. The summed E-state index contributed by atoms with van der Waals surface area (Å²) in [5.74, 6) is -0.723. The van der Waals surface area contributed by atoms with Crippen LogP contribution in [0.3, 0.4) is 0 Å². The molecule has 2 N–H and O–H groups in total. The number of carboxylic acids is 1. The molecule has 120 valence electrons. The van der Waals surface area contributed by atoms with E-state index in [0.717, 1.165) is 19.3 Å². The summed E-state index contributed by atoms with van der Waals surface area (Å²) in [6.45, 7) is 0. The summed E-state index contributed by atoms with van der Waals surface area (Å²) in [7, 11) is 0. The fourth-order valence-corrected chi connectivity index (χ4v) is 3.45. The van der Waals surface area contributed by atoms with Crippen LogP contribution in [-0.2, 0) is 24.1 Å². The molecule has 0 fully saturated rings. The van der Waals surface area contributed by atoms with Gasteiger partial charge in [-0.25, -0.2) is 0 Å². The zero-order valence-corrected chi connectivity index (χ0v) is 13.2. The number of hydrogen-bond donors (Lipinski definition) is 2. The number of fused-ring (bicyclic) bond motifs is 1. The second-order valence-electron chi connectivity index (χ2n) is 6.36. The molecule has 2 aromatic carbocycles. The molecular formula is C20H23NO2. The van der Waals surface area contributed by atoms with E-state index in [9.17, 15) is 4.79 Å². The van der Waals surface area contributed by atoms with Gasteiger partial charge in [0.05, 0.1) is 0 Å². The summed E-state index contributed by atoms with van der Waals surface area (Å²) in [4.78, 5) is 10.9. The van der Waals surface area contributed by atoms with E-state index >= 15 is 0 Å². The van der Waals surface area contributed by atoms with E-state index in [4.69, 9.17) is 5.11 Å². The molecule has 0 heterocycles. The number of hydrogen-bond acceptors (Lipinski definition) is 2. The van der Waals surface area contributed by atoms with Crippen molar-refractivity contribution in [2.24, 2.45) is 0 Å². The number of benzene rings is 2. The number of carboxylic acid groups (broad SMARTS) is 1. The molecule has 3 rings (SSSR count). The lowest BCUT2D eigenvalue weighted by atomic mass is 10.00. The van der Waals surface area contributed by atoms with Gasteiger partial charge in [-0.15, -0.1) is 0 Å². The van der Waals surface area contributed by atoms with Gasteiger partial charge in [0.25, 0.3) is 0 Å². The Morgan fingerprint density at radius 2 is 1.65 bits per heavy atom. The first-order valence-corrected chi connectivity index (χ1v) is 8.29. The molecule has 0 aliphatic heterocycles. The molecule has 0 saturated carbocycles. The van der Waals surface area contributed by atoms with Crippen LogP contribution in [0.2, 0.25) is 0 Å². The molecule has 3 nitrogen and oxygen atoms in total. The largest absolute Gasteiger partial charge is 0.481 e. The van der Waals surface area contributed by atoms with Crippen molar-refractivity contribution in [3.05, 3.63) is 71.3 Å². The number of rotatable bonds is 7. The summed E-state index contributed by atoms with van der Waals surface area (Å²) >= 11 is 0. The molecule has 0 saturated heterocycles. The summed E-state index contributed by atoms with van der Waals surface area (Å²) in [6.07, 6.45) is 3.82. The van der Waals surface area contributed by atoms with Gasteiger partial charge in [-0.2, -0.15) is 0 Å². The molecule has 3 heteroatoms. The molecule has 1 aliphatic rings. The van der Waals surface area contributed by atoms with Crippen molar-refractivity contribution >= 4 is 5.97 Å². The van der Waals surface area contributed by atoms with Gasteiger partial charge in [0, 0.05) is 18.5 Å². The first kappa shape index (κ1) is 15.8. The number of aliphatic carboxylic acids is 1. The molecule has 0 aromatic heterocycles. The molecule has 0 spiro atoms. The van der Waals surface area contributed by atoms with Crippen molar-refractivity contribution in [2.45, 2.75) is 44.2 Å². The Bertz CT molecular complexity index is 629. The van der Waals surface area contributed by atoms with Crippen molar-refractivity contribution in [3.63, 3.8) is 0 Å². The third kappa shape index (κ3) is 4.42. The first-order valence-electron chi connectivity index (χ1n) is 8.29. The van der Waals surface area contributed by atoms with Crippen LogP contribution in [0.4, 0.5) is 0 Å². The maximum atomic E-state index is 10.9. The van der Waals surface area contributed by atoms with Crippen LogP contribution >= 0.6 is 0 Å². The fourth-order valence-electron chi connectivity index (χ4n) is 3.45. The third-order valence-electron chi connectivity index (χ3n) is 4.55. The predicted molar refractivity (Wildman–Crippen MR) is 91.6 cm³/mol. The molecule has 0 amide bonds. The lowest BCUT2D eigenvalue weighted by Crippen LogP contribution is -2.40. The second-order valence-corrected chi connectivity index (χ2v) is 6.36. The van der Waals surface area contributed by atoms with Crippen LogP contribution in [0, 0.1) is 0 Å². The zero-order valence-electron chi connectivity index (χ0n) is 13.2. The predicted octanol–water partition coefficient (Wildman–Crippen LogP) is 3.22. The SMILES string of the molecule is O=C(O)CCC(Cc1ccccc1)NC1Cc2ccccc2C1. The van der Waals surface area contributed by atoms with E-state index in [2.05, 4.69) is 41.7 Å². The van der Waals surface area contributed by atoms with E-state index in [-0.39, 0.29) is 12.5 Å². The molecule has 23 heavy (non-hydrogen) atoms. The van der Waals surface area contributed by atoms with Gasteiger partial charge >= 0.3 is 5.97 Å². The van der Waals surface area contributed by atoms with Crippen molar-refractivity contribution in [2.75, 3.05) is 0 Å². The highest BCUT2D eigenvalue weighted by Gasteiger charge is 2.23. The molecule has 1 unspecified atom stereocenters. The van der Waals surface area contributed by atoms with Crippen molar-refractivity contribution in [1.82, 2.24) is 5.32 Å². The molecular weight excluding hydrogens is 286 g/mol. The van der Waals surface area contributed by atoms with Crippen LogP contribution in [0.25, 0.3) is 0 Å². The van der Waals surface area contributed by atoms with Crippen LogP contribution < -0.4 is 5.32 Å². The second kappa shape index (κ2) is 7.42. The maximum Gasteiger partial charge on any atom is 0.303 e. The van der Waals surface area contributed by atoms with Gasteiger partial charge in [0.1, 0.15) is 0 Å². The van der Waals surface area contributed by atoms with Crippen molar-refractivity contribution in [1.29, 1.82) is 0 Å². The minimum absolute atomic E-state index is 0.202. The van der Waals surface area contributed by atoms with Gasteiger partial charge in [-0.05, 0) is 42.4 Å². The smallest absolute Gasteiger partial charge is 0.303 e. The van der Waals surface area contributed by atoms with Gasteiger partial charge in [0.15, 0.2) is 0 Å². The Morgan fingerprint density at radius 3 is 2.26 bits per heavy atom. The van der Waals surface area contributed by atoms with Gasteiger partial charge < -0.3 is 10.4 Å². The Kier molecular flexibility index (Phi) is 5.09. The molecule has 1 aliphatic carbocycles. The summed E-state index contributed by atoms with van der Waals surface area (Å²) in [5, 5.41) is 12.7. The first-order chi connectivity index (χ1) is 11.2. The highest BCUT2D eigenvalue weighted by Crippen LogP contribution is 2.22. The summed E-state index contributed by atoms with van der Waals surface area (Å²) < 4.78 is 0. The van der Waals surface area contributed by atoms with Crippen LogP contribution in [-0.4, -0.2) is 23.2 Å². The van der Waals surface area contributed by atoms with Crippen LogP contribution in [0.1, 0.15) is 29.5 Å². The normalized spacial score (nSPS) is 15.3. The monoisotopic (exact) mass is 309 g/mol. The Morgan fingerprint density at radius 1 is 1.04 bits per heavy atom. The van der Waals surface area contributed by atoms with E-state index in [1.807, 2.05) is 18.2 Å². The van der Waals surface area contributed by atoms with E-state index in [1.54, 1.807) is 0 Å². The third-order valence-corrected chi connectivity index (χ3v) is 4.55. The van der Waals surface area contributed by atoms with Crippen molar-refractivity contribution in [3.8, 4) is 0 Å². The quantitative estimate of drug-likeness (QED) is 0.825. The Labute approximate surface area is 137 Å². The number of carbonyl (C=O) groups is 1. The average Bonchev–Trinajstić information content (AvgIpc) is 2.96. The molecule has 2 aromatic rings. The molecule has 1 atom stereocenters. The maximum absolute atomic E-state index is 10.9. The highest BCUT2D eigenvalue weighted by atomic mass is 16.4. The lowest BCUT2D eigenvalue weighted by molar-refractivity contribution is -0.137. The van der Waals surface area contributed by atoms with E-state index < -0.39 is 5.97 Å². The average molecular weight is 309 g/mol. The van der Waals surface area contributed by atoms with Crippen LogP contribution in [0.15, 0.2) is 54.6 Å². The molecule has 0 bridgehead atoms. The summed E-state index contributed by atoms with van der Waals surface area (Å²) in [5.41, 5.74) is 4.09. The topological polar surface area (TPSA) is 49.3 Å².